The highest BCUT2D eigenvalue weighted by molar-refractivity contribution is 9.10. The predicted octanol–water partition coefficient (Wildman–Crippen LogP) is 2.14. The van der Waals surface area contributed by atoms with Gasteiger partial charge in [-0.3, -0.25) is 10.1 Å². The maximum atomic E-state index is 10.8. The molecule has 16 heavy (non-hydrogen) atoms. The average Bonchev–Trinajstić information content (AvgIpc) is 2.65. The van der Waals surface area contributed by atoms with E-state index in [1.807, 2.05) is 0 Å². The Morgan fingerprint density at radius 1 is 1.56 bits per heavy atom. The smallest absolute Gasteiger partial charge is 0.407 e. The second-order valence-electron chi connectivity index (χ2n) is 3.26. The number of nitro benzene ring substituents is 1. The van der Waals surface area contributed by atoms with Crippen LogP contribution in [0.3, 0.4) is 0 Å². The molecule has 0 unspecified atom stereocenters. The summed E-state index contributed by atoms with van der Waals surface area (Å²) in [7, 11) is 0. The van der Waals surface area contributed by atoms with E-state index in [2.05, 4.69) is 21.2 Å². The Morgan fingerprint density at radius 3 is 2.88 bits per heavy atom. The van der Waals surface area contributed by atoms with Crippen molar-refractivity contribution in [2.75, 3.05) is 6.61 Å². The van der Waals surface area contributed by atoms with Gasteiger partial charge in [0.05, 0.1) is 15.4 Å². The van der Waals surface area contributed by atoms with Gasteiger partial charge < -0.3 is 10.1 Å². The lowest BCUT2D eigenvalue weighted by Crippen LogP contribution is -2.18. The number of ether oxygens (including phenoxy) is 1. The molecule has 0 bridgehead atoms. The third-order valence-electron chi connectivity index (χ3n) is 2.24. The minimum Gasteiger partial charge on any atom is -0.447 e. The standard InChI is InChI=1S/C9H7BrN2O4/c10-6-2-1-5(3-8(6)12(14)15)7-4-16-9(13)11-7/h1-3,7H,4H2,(H,11,13)/t7-/m1/s1. The number of halogens is 1. The van der Waals surface area contributed by atoms with Crippen LogP contribution < -0.4 is 5.32 Å². The first kappa shape index (κ1) is 10.9. The van der Waals surface area contributed by atoms with Gasteiger partial charge in [0.1, 0.15) is 6.61 Å². The molecule has 1 fully saturated rings. The van der Waals surface area contributed by atoms with Gasteiger partial charge in [-0.05, 0) is 27.6 Å². The molecule has 0 radical (unpaired) electrons. The zero-order chi connectivity index (χ0) is 11.7. The van der Waals surface area contributed by atoms with E-state index in [0.717, 1.165) is 0 Å². The number of amides is 1. The van der Waals surface area contributed by atoms with E-state index in [-0.39, 0.29) is 18.3 Å². The monoisotopic (exact) mass is 286 g/mol. The summed E-state index contributed by atoms with van der Waals surface area (Å²) in [5, 5.41) is 13.3. The molecule has 1 saturated heterocycles. The summed E-state index contributed by atoms with van der Waals surface area (Å²) in [4.78, 5) is 21.1. The molecule has 1 aliphatic heterocycles. The second kappa shape index (κ2) is 4.09. The molecule has 2 rings (SSSR count). The summed E-state index contributed by atoms with van der Waals surface area (Å²) in [5.41, 5.74) is 0.624. The molecule has 1 atom stereocenters. The Kier molecular flexibility index (Phi) is 2.78. The minimum absolute atomic E-state index is 0.0290. The second-order valence-corrected chi connectivity index (χ2v) is 4.12. The fourth-order valence-electron chi connectivity index (χ4n) is 1.45. The lowest BCUT2D eigenvalue weighted by molar-refractivity contribution is -0.385. The third kappa shape index (κ3) is 1.99. The number of hydrogen-bond acceptors (Lipinski definition) is 4. The highest BCUT2D eigenvalue weighted by Gasteiger charge is 2.25. The van der Waals surface area contributed by atoms with Crippen molar-refractivity contribution in [3.8, 4) is 0 Å². The molecule has 1 aliphatic rings. The van der Waals surface area contributed by atoms with Crippen molar-refractivity contribution in [1.29, 1.82) is 0 Å². The fourth-order valence-corrected chi connectivity index (χ4v) is 1.84. The molecule has 1 aromatic rings. The van der Waals surface area contributed by atoms with Gasteiger partial charge >= 0.3 is 6.09 Å². The number of carbonyl (C=O) groups excluding carboxylic acids is 1. The number of carbonyl (C=O) groups is 1. The highest BCUT2D eigenvalue weighted by atomic mass is 79.9. The van der Waals surface area contributed by atoms with Crippen molar-refractivity contribution >= 4 is 27.7 Å². The number of benzene rings is 1. The number of alkyl carbamates (subject to hydrolysis) is 1. The molecule has 0 saturated carbocycles. The minimum atomic E-state index is -0.504. The van der Waals surface area contributed by atoms with Gasteiger partial charge in [-0.15, -0.1) is 0 Å². The molecule has 0 spiro atoms. The van der Waals surface area contributed by atoms with E-state index in [0.29, 0.717) is 10.0 Å². The maximum absolute atomic E-state index is 10.8. The van der Waals surface area contributed by atoms with E-state index in [9.17, 15) is 14.9 Å². The first-order valence-electron chi connectivity index (χ1n) is 4.45. The van der Waals surface area contributed by atoms with Gasteiger partial charge in [-0.25, -0.2) is 4.79 Å². The fraction of sp³-hybridized carbons (Fsp3) is 0.222. The van der Waals surface area contributed by atoms with E-state index in [1.54, 1.807) is 12.1 Å². The van der Waals surface area contributed by atoms with Crippen LogP contribution in [0.25, 0.3) is 0 Å². The average molecular weight is 287 g/mol. The Bertz CT molecular complexity index is 463. The zero-order valence-corrected chi connectivity index (χ0v) is 9.56. The van der Waals surface area contributed by atoms with Crippen LogP contribution in [0.1, 0.15) is 11.6 Å². The van der Waals surface area contributed by atoms with Crippen LogP contribution in [-0.2, 0) is 4.74 Å². The molecule has 1 amide bonds. The lowest BCUT2D eigenvalue weighted by atomic mass is 10.1. The summed E-state index contributed by atoms with van der Waals surface area (Å²) in [5.74, 6) is 0. The molecule has 0 aromatic heterocycles. The topological polar surface area (TPSA) is 81.5 Å². The molecule has 1 N–H and O–H groups in total. The van der Waals surface area contributed by atoms with Crippen LogP contribution in [-0.4, -0.2) is 17.6 Å². The largest absolute Gasteiger partial charge is 0.447 e. The van der Waals surface area contributed by atoms with Gasteiger partial charge in [0, 0.05) is 6.07 Å². The summed E-state index contributed by atoms with van der Waals surface area (Å²) in [6, 6.07) is 4.39. The summed E-state index contributed by atoms with van der Waals surface area (Å²) >= 11 is 3.09. The number of cyclic esters (lactones) is 1. The van der Waals surface area contributed by atoms with Crippen LogP contribution in [0, 0.1) is 10.1 Å². The SMILES string of the molecule is O=C1N[C@@H](c2ccc(Br)c([N+](=O)[O-])c2)CO1. The highest BCUT2D eigenvalue weighted by Crippen LogP contribution is 2.29. The zero-order valence-electron chi connectivity index (χ0n) is 7.97. The normalized spacial score (nSPS) is 19.1. The van der Waals surface area contributed by atoms with Crippen molar-refractivity contribution in [2.45, 2.75) is 6.04 Å². The van der Waals surface area contributed by atoms with Gasteiger partial charge in [-0.1, -0.05) is 6.07 Å². The first-order valence-corrected chi connectivity index (χ1v) is 5.24. The number of nitrogens with one attached hydrogen (secondary N) is 1. The van der Waals surface area contributed by atoms with Gasteiger partial charge in [-0.2, -0.15) is 0 Å². The molecule has 1 aromatic carbocycles. The van der Waals surface area contributed by atoms with E-state index in [1.165, 1.54) is 6.07 Å². The van der Waals surface area contributed by atoms with Crippen LogP contribution in [0.15, 0.2) is 22.7 Å². The third-order valence-corrected chi connectivity index (χ3v) is 2.91. The van der Waals surface area contributed by atoms with Crippen LogP contribution >= 0.6 is 15.9 Å². The number of nitro groups is 1. The van der Waals surface area contributed by atoms with Crippen molar-refractivity contribution in [2.24, 2.45) is 0 Å². The Labute approximate surface area is 98.9 Å². The quantitative estimate of drug-likeness (QED) is 0.667. The molecular formula is C9H7BrN2O4. The van der Waals surface area contributed by atoms with Crippen molar-refractivity contribution in [3.63, 3.8) is 0 Å². The molecule has 0 aliphatic carbocycles. The first-order chi connectivity index (χ1) is 7.58. The maximum Gasteiger partial charge on any atom is 0.407 e. The van der Waals surface area contributed by atoms with Gasteiger partial charge in [0.15, 0.2) is 0 Å². The Hall–Kier alpha value is -1.63. The molecule has 84 valence electrons. The Balaban J connectivity index is 2.32. The summed E-state index contributed by atoms with van der Waals surface area (Å²) in [6.07, 6.45) is -0.504. The molecule has 1 heterocycles. The van der Waals surface area contributed by atoms with Crippen LogP contribution in [0.2, 0.25) is 0 Å². The Morgan fingerprint density at radius 2 is 2.31 bits per heavy atom. The van der Waals surface area contributed by atoms with Crippen molar-refractivity contribution < 1.29 is 14.5 Å². The van der Waals surface area contributed by atoms with Gasteiger partial charge in [0.2, 0.25) is 0 Å². The van der Waals surface area contributed by atoms with Crippen molar-refractivity contribution in [1.82, 2.24) is 5.32 Å². The molecular weight excluding hydrogens is 280 g/mol. The lowest BCUT2D eigenvalue weighted by Gasteiger charge is -2.07. The van der Waals surface area contributed by atoms with E-state index < -0.39 is 11.0 Å². The van der Waals surface area contributed by atoms with Crippen molar-refractivity contribution in [3.05, 3.63) is 38.3 Å². The number of hydrogen-bond donors (Lipinski definition) is 1. The number of rotatable bonds is 2. The van der Waals surface area contributed by atoms with E-state index in [4.69, 9.17) is 4.74 Å². The summed E-state index contributed by atoms with van der Waals surface area (Å²) < 4.78 is 5.13. The summed E-state index contributed by atoms with van der Waals surface area (Å²) in [6.45, 7) is 0.192. The van der Waals surface area contributed by atoms with Crippen LogP contribution in [0.5, 0.6) is 0 Å². The van der Waals surface area contributed by atoms with Gasteiger partial charge in [0.25, 0.3) is 5.69 Å². The predicted molar refractivity (Wildman–Crippen MR) is 58.0 cm³/mol. The van der Waals surface area contributed by atoms with E-state index >= 15 is 0 Å². The molecule has 6 nitrogen and oxygen atoms in total. The van der Waals surface area contributed by atoms with Crippen LogP contribution in [0.4, 0.5) is 10.5 Å². The molecule has 7 heteroatoms. The number of nitrogens with zero attached hydrogens (tertiary/aromatic N) is 1.